The molecule has 0 bridgehead atoms. The molecule has 0 saturated heterocycles. The van der Waals surface area contributed by atoms with Crippen LogP contribution in [0.3, 0.4) is 0 Å². The number of amides is 1. The first kappa shape index (κ1) is 17.8. The second-order valence-corrected chi connectivity index (χ2v) is 6.88. The Bertz CT molecular complexity index is 1270. The Morgan fingerprint density at radius 1 is 1.18 bits per heavy atom. The van der Waals surface area contributed by atoms with Crippen LogP contribution in [0.15, 0.2) is 47.5 Å². The zero-order valence-electron chi connectivity index (χ0n) is 15.6. The quantitative estimate of drug-likeness (QED) is 0.593. The maximum Gasteiger partial charge on any atom is 0.280 e. The van der Waals surface area contributed by atoms with Gasteiger partial charge in [-0.15, -0.1) is 0 Å². The minimum atomic E-state index is -0.391. The molecule has 0 atom stereocenters. The highest BCUT2D eigenvalue weighted by molar-refractivity contribution is 5.88. The second kappa shape index (κ2) is 6.56. The number of benzene rings is 1. The van der Waals surface area contributed by atoms with Crippen LogP contribution >= 0.6 is 0 Å². The molecule has 7 nitrogen and oxygen atoms in total. The summed E-state index contributed by atoms with van der Waals surface area (Å²) in [6.45, 7) is 5.33. The van der Waals surface area contributed by atoms with Gasteiger partial charge in [0.15, 0.2) is 5.65 Å². The minimum Gasteiger partial charge on any atom is -0.273 e. The van der Waals surface area contributed by atoms with Crippen LogP contribution in [-0.4, -0.2) is 25.2 Å². The van der Waals surface area contributed by atoms with Gasteiger partial charge in [0, 0.05) is 23.9 Å². The van der Waals surface area contributed by atoms with Crippen molar-refractivity contribution < 1.29 is 9.18 Å². The molecule has 0 fully saturated rings. The summed E-state index contributed by atoms with van der Waals surface area (Å²) >= 11 is 0. The predicted molar refractivity (Wildman–Crippen MR) is 104 cm³/mol. The molecule has 0 aliphatic heterocycles. The Hall–Kier alpha value is -3.55. The largest absolute Gasteiger partial charge is 0.280 e. The molecule has 0 unspecified atom stereocenters. The van der Waals surface area contributed by atoms with Gasteiger partial charge in [0.2, 0.25) is 5.91 Å². The van der Waals surface area contributed by atoms with E-state index in [1.54, 1.807) is 36.6 Å². The van der Waals surface area contributed by atoms with Crippen molar-refractivity contribution in [1.82, 2.24) is 19.3 Å². The third-order valence-electron chi connectivity index (χ3n) is 4.57. The van der Waals surface area contributed by atoms with Crippen molar-refractivity contribution in [1.29, 1.82) is 0 Å². The number of hydrogen-bond acceptors (Lipinski definition) is 4. The lowest BCUT2D eigenvalue weighted by atomic mass is 10.1. The van der Waals surface area contributed by atoms with Gasteiger partial charge >= 0.3 is 0 Å². The van der Waals surface area contributed by atoms with E-state index in [0.29, 0.717) is 22.2 Å². The number of hydrogen-bond donors (Lipinski definition) is 1. The van der Waals surface area contributed by atoms with Gasteiger partial charge in [-0.05, 0) is 30.7 Å². The third kappa shape index (κ3) is 2.83. The SMILES string of the molecule is Cc1nn2c(ncc3c(=O)n(NC(=O)C(C)C)ccc32)c1-c1ccc(F)cc1. The first-order chi connectivity index (χ1) is 13.4. The number of pyridine rings is 1. The number of carbonyl (C=O) groups excluding carboxylic acids is 1. The first-order valence-corrected chi connectivity index (χ1v) is 8.83. The summed E-state index contributed by atoms with van der Waals surface area (Å²) in [5.41, 5.74) is 5.60. The number of rotatable bonds is 3. The van der Waals surface area contributed by atoms with E-state index in [2.05, 4.69) is 15.5 Å². The van der Waals surface area contributed by atoms with E-state index in [4.69, 9.17) is 0 Å². The van der Waals surface area contributed by atoms with Crippen LogP contribution in [0.25, 0.3) is 27.7 Å². The Morgan fingerprint density at radius 2 is 1.89 bits per heavy atom. The summed E-state index contributed by atoms with van der Waals surface area (Å²) in [5.74, 6) is -0.834. The molecule has 1 amide bonds. The van der Waals surface area contributed by atoms with E-state index < -0.39 is 5.56 Å². The maximum absolute atomic E-state index is 13.3. The van der Waals surface area contributed by atoms with Crippen LogP contribution in [0, 0.1) is 18.7 Å². The number of nitrogens with zero attached hydrogens (tertiary/aromatic N) is 4. The van der Waals surface area contributed by atoms with Crippen molar-refractivity contribution in [3.8, 4) is 11.1 Å². The molecule has 0 radical (unpaired) electrons. The molecule has 0 aliphatic carbocycles. The van der Waals surface area contributed by atoms with Crippen molar-refractivity contribution in [2.24, 2.45) is 5.92 Å². The molecule has 1 N–H and O–H groups in total. The van der Waals surface area contributed by atoms with E-state index >= 15 is 0 Å². The van der Waals surface area contributed by atoms with Crippen molar-refractivity contribution in [3.63, 3.8) is 0 Å². The number of aryl methyl sites for hydroxylation is 1. The van der Waals surface area contributed by atoms with Gasteiger partial charge in [0.05, 0.1) is 16.6 Å². The Labute approximate surface area is 159 Å². The van der Waals surface area contributed by atoms with Crippen LogP contribution in [0.4, 0.5) is 4.39 Å². The highest BCUT2D eigenvalue weighted by Gasteiger charge is 2.17. The Morgan fingerprint density at radius 3 is 2.57 bits per heavy atom. The molecule has 8 heteroatoms. The molecule has 3 heterocycles. The lowest BCUT2D eigenvalue weighted by Crippen LogP contribution is -2.35. The third-order valence-corrected chi connectivity index (χ3v) is 4.57. The summed E-state index contributed by atoms with van der Waals surface area (Å²) in [6.07, 6.45) is 2.97. The summed E-state index contributed by atoms with van der Waals surface area (Å²) in [7, 11) is 0. The molecule has 28 heavy (non-hydrogen) atoms. The highest BCUT2D eigenvalue weighted by Crippen LogP contribution is 2.28. The van der Waals surface area contributed by atoms with E-state index in [1.165, 1.54) is 24.5 Å². The predicted octanol–water partition coefficient (Wildman–Crippen LogP) is 2.88. The molecule has 1 aromatic carbocycles. The molecule has 4 aromatic rings. The van der Waals surface area contributed by atoms with Gasteiger partial charge in [-0.3, -0.25) is 15.0 Å². The van der Waals surface area contributed by atoms with Crippen LogP contribution in [0.5, 0.6) is 0 Å². The molecular formula is C20H18FN5O2. The normalized spacial score (nSPS) is 11.5. The Kier molecular flexibility index (Phi) is 4.18. The average molecular weight is 379 g/mol. The maximum atomic E-state index is 13.3. The second-order valence-electron chi connectivity index (χ2n) is 6.88. The smallest absolute Gasteiger partial charge is 0.273 e. The van der Waals surface area contributed by atoms with Crippen LogP contribution in [-0.2, 0) is 4.79 Å². The van der Waals surface area contributed by atoms with Gasteiger partial charge in [0.25, 0.3) is 5.56 Å². The Balaban J connectivity index is 1.90. The zero-order chi connectivity index (χ0) is 20.0. The molecule has 3 aromatic heterocycles. The number of aromatic nitrogens is 4. The first-order valence-electron chi connectivity index (χ1n) is 8.83. The summed E-state index contributed by atoms with van der Waals surface area (Å²) in [4.78, 5) is 29.1. The van der Waals surface area contributed by atoms with Gasteiger partial charge in [-0.1, -0.05) is 26.0 Å². The van der Waals surface area contributed by atoms with E-state index in [0.717, 1.165) is 15.8 Å². The molecule has 0 spiro atoms. The zero-order valence-corrected chi connectivity index (χ0v) is 15.6. The monoisotopic (exact) mass is 379 g/mol. The fourth-order valence-electron chi connectivity index (χ4n) is 3.07. The van der Waals surface area contributed by atoms with Crippen molar-refractivity contribution in [3.05, 3.63) is 64.6 Å². The standard InChI is InChI=1S/C20H18FN5O2/c1-11(2)19(27)24-25-9-8-16-15(20(25)28)10-22-18-17(12(3)23-26(16)18)13-4-6-14(21)7-5-13/h4-11H,1-3H3,(H,24,27). The van der Waals surface area contributed by atoms with Gasteiger partial charge in [-0.25, -0.2) is 18.6 Å². The van der Waals surface area contributed by atoms with Crippen LogP contribution < -0.4 is 11.0 Å². The molecule has 0 saturated carbocycles. The van der Waals surface area contributed by atoms with Crippen molar-refractivity contribution in [2.45, 2.75) is 20.8 Å². The molecular weight excluding hydrogens is 361 g/mol. The highest BCUT2D eigenvalue weighted by atomic mass is 19.1. The van der Waals surface area contributed by atoms with Gasteiger partial charge in [-0.2, -0.15) is 5.10 Å². The summed E-state index contributed by atoms with van der Waals surface area (Å²) < 4.78 is 16.0. The van der Waals surface area contributed by atoms with Crippen molar-refractivity contribution >= 4 is 22.5 Å². The number of carbonyl (C=O) groups is 1. The molecule has 4 rings (SSSR count). The fraction of sp³-hybridized carbons (Fsp3) is 0.200. The summed E-state index contributed by atoms with van der Waals surface area (Å²) in [5, 5.41) is 4.85. The summed E-state index contributed by atoms with van der Waals surface area (Å²) in [6, 6.07) is 7.81. The van der Waals surface area contributed by atoms with Crippen molar-refractivity contribution in [2.75, 3.05) is 5.43 Å². The van der Waals surface area contributed by atoms with E-state index in [9.17, 15) is 14.0 Å². The molecule has 0 aliphatic rings. The average Bonchev–Trinajstić information content (AvgIpc) is 3.00. The lowest BCUT2D eigenvalue weighted by Gasteiger charge is -2.11. The van der Waals surface area contributed by atoms with E-state index in [-0.39, 0.29) is 17.6 Å². The van der Waals surface area contributed by atoms with Gasteiger partial charge < -0.3 is 0 Å². The number of nitrogens with one attached hydrogen (secondary N) is 1. The topological polar surface area (TPSA) is 81.3 Å². The van der Waals surface area contributed by atoms with E-state index in [1.807, 2.05) is 6.92 Å². The van der Waals surface area contributed by atoms with Crippen LogP contribution in [0.1, 0.15) is 19.5 Å². The number of halogens is 1. The molecule has 142 valence electrons. The number of fused-ring (bicyclic) bond motifs is 3. The fourth-order valence-corrected chi connectivity index (χ4v) is 3.07. The van der Waals surface area contributed by atoms with Gasteiger partial charge in [0.1, 0.15) is 5.82 Å². The minimum absolute atomic E-state index is 0.254. The van der Waals surface area contributed by atoms with Crippen LogP contribution in [0.2, 0.25) is 0 Å². The lowest BCUT2D eigenvalue weighted by molar-refractivity contribution is -0.119.